The van der Waals surface area contributed by atoms with Crippen LogP contribution in [0, 0.1) is 0 Å². The van der Waals surface area contributed by atoms with E-state index in [0.717, 1.165) is 73.7 Å². The van der Waals surface area contributed by atoms with Crippen LogP contribution in [-0.2, 0) is 13.0 Å². The highest BCUT2D eigenvalue weighted by Gasteiger charge is 2.15. The third-order valence-electron chi connectivity index (χ3n) is 5.31. The number of hydrogen-bond donors (Lipinski definition) is 2. The Labute approximate surface area is 178 Å². The van der Waals surface area contributed by atoms with E-state index < -0.39 is 0 Å². The molecule has 0 amide bonds. The van der Waals surface area contributed by atoms with Crippen LogP contribution < -0.4 is 15.5 Å². The van der Waals surface area contributed by atoms with Gasteiger partial charge in [-0.05, 0) is 32.6 Å². The summed E-state index contributed by atoms with van der Waals surface area (Å²) >= 11 is 1.75. The van der Waals surface area contributed by atoms with E-state index in [4.69, 9.17) is 9.51 Å². The second-order valence-corrected chi connectivity index (χ2v) is 8.26. The van der Waals surface area contributed by atoms with Gasteiger partial charge < -0.3 is 20.1 Å². The van der Waals surface area contributed by atoms with Crippen LogP contribution in [0.3, 0.4) is 0 Å². The fourth-order valence-corrected chi connectivity index (χ4v) is 4.49. The molecule has 1 aliphatic heterocycles. The first kappa shape index (κ1) is 21.6. The standard InChI is InChI=1S/C21H34N6OS/c1-4-16(5-2)19-13-18(28-26-19)14-24-20(22-6-3)23-10-9-17-15-29-21(25-17)27-11-7-8-12-27/h13,15-16H,4-12,14H2,1-3H3,(H2,22,23,24). The molecule has 0 aliphatic carbocycles. The summed E-state index contributed by atoms with van der Waals surface area (Å²) in [6.45, 7) is 10.8. The average Bonchev–Trinajstić information content (AvgIpc) is 3.48. The average molecular weight is 419 g/mol. The Morgan fingerprint density at radius 3 is 2.76 bits per heavy atom. The molecule has 3 heterocycles. The van der Waals surface area contributed by atoms with Gasteiger partial charge >= 0.3 is 0 Å². The Balaban J connectivity index is 1.49. The molecule has 8 heteroatoms. The van der Waals surface area contributed by atoms with Gasteiger partial charge in [-0.3, -0.25) is 0 Å². The van der Waals surface area contributed by atoms with Gasteiger partial charge in [-0.1, -0.05) is 19.0 Å². The smallest absolute Gasteiger partial charge is 0.191 e. The van der Waals surface area contributed by atoms with Crippen molar-refractivity contribution in [3.05, 3.63) is 28.6 Å². The van der Waals surface area contributed by atoms with E-state index in [9.17, 15) is 0 Å². The number of hydrogen-bond acceptors (Lipinski definition) is 6. The molecular weight excluding hydrogens is 384 g/mol. The first-order chi connectivity index (χ1) is 14.2. The molecule has 0 saturated carbocycles. The molecular formula is C21H34N6OS. The molecule has 0 unspecified atom stereocenters. The van der Waals surface area contributed by atoms with Gasteiger partial charge in [0.1, 0.15) is 6.54 Å². The van der Waals surface area contributed by atoms with Crippen LogP contribution in [0.5, 0.6) is 0 Å². The maximum absolute atomic E-state index is 5.48. The van der Waals surface area contributed by atoms with E-state index in [-0.39, 0.29) is 0 Å². The minimum atomic E-state index is 0.464. The van der Waals surface area contributed by atoms with E-state index >= 15 is 0 Å². The first-order valence-electron chi connectivity index (χ1n) is 10.9. The van der Waals surface area contributed by atoms with Crippen molar-refractivity contribution in [2.75, 3.05) is 31.1 Å². The normalized spacial score (nSPS) is 14.8. The van der Waals surface area contributed by atoms with Crippen molar-refractivity contribution >= 4 is 22.4 Å². The van der Waals surface area contributed by atoms with Gasteiger partial charge in [0.2, 0.25) is 0 Å². The lowest BCUT2D eigenvalue weighted by Crippen LogP contribution is -2.38. The van der Waals surface area contributed by atoms with Crippen LogP contribution in [0.25, 0.3) is 0 Å². The first-order valence-corrected chi connectivity index (χ1v) is 11.8. The van der Waals surface area contributed by atoms with Crippen LogP contribution in [0.2, 0.25) is 0 Å². The van der Waals surface area contributed by atoms with Crippen LogP contribution in [0.1, 0.15) is 69.5 Å². The zero-order chi connectivity index (χ0) is 20.5. The number of nitrogens with one attached hydrogen (secondary N) is 2. The molecule has 0 aromatic carbocycles. The Kier molecular flexibility index (Phi) is 8.34. The van der Waals surface area contributed by atoms with Gasteiger partial charge in [-0.15, -0.1) is 11.3 Å². The molecule has 1 aliphatic rings. The second kappa shape index (κ2) is 11.2. The molecule has 29 heavy (non-hydrogen) atoms. The van der Waals surface area contributed by atoms with Crippen LogP contribution in [-0.4, -0.2) is 42.3 Å². The van der Waals surface area contributed by atoms with E-state index in [0.29, 0.717) is 12.5 Å². The highest BCUT2D eigenvalue weighted by Crippen LogP contribution is 2.24. The lowest BCUT2D eigenvalue weighted by molar-refractivity contribution is 0.372. The highest BCUT2D eigenvalue weighted by atomic mass is 32.1. The third-order valence-corrected chi connectivity index (χ3v) is 6.26. The summed E-state index contributed by atoms with van der Waals surface area (Å²) in [5, 5.41) is 14.2. The summed E-state index contributed by atoms with van der Waals surface area (Å²) < 4.78 is 5.48. The highest BCUT2D eigenvalue weighted by molar-refractivity contribution is 7.13. The molecule has 0 spiro atoms. The summed E-state index contributed by atoms with van der Waals surface area (Å²) in [6, 6.07) is 2.04. The minimum absolute atomic E-state index is 0.464. The zero-order valence-electron chi connectivity index (χ0n) is 17.9. The van der Waals surface area contributed by atoms with Gasteiger partial charge in [0.15, 0.2) is 16.9 Å². The Bertz CT molecular complexity index is 761. The number of anilines is 1. The molecule has 0 atom stereocenters. The summed E-state index contributed by atoms with van der Waals surface area (Å²) in [5.74, 6) is 2.06. The Hall–Kier alpha value is -2.09. The number of nitrogens with zero attached hydrogens (tertiary/aromatic N) is 4. The maximum atomic E-state index is 5.48. The minimum Gasteiger partial charge on any atom is -0.359 e. The van der Waals surface area contributed by atoms with E-state index in [1.807, 2.05) is 6.07 Å². The number of aliphatic imine (C=N–C) groups is 1. The topological polar surface area (TPSA) is 78.6 Å². The fraction of sp³-hybridized carbons (Fsp3) is 0.667. The van der Waals surface area contributed by atoms with Gasteiger partial charge in [0.25, 0.3) is 0 Å². The number of guanidine groups is 1. The van der Waals surface area contributed by atoms with E-state index in [1.165, 1.54) is 12.8 Å². The predicted molar refractivity (Wildman–Crippen MR) is 120 cm³/mol. The van der Waals surface area contributed by atoms with E-state index in [2.05, 4.69) is 51.8 Å². The van der Waals surface area contributed by atoms with Crippen LogP contribution in [0.4, 0.5) is 5.13 Å². The van der Waals surface area contributed by atoms with Gasteiger partial charge in [-0.25, -0.2) is 9.98 Å². The molecule has 1 fully saturated rings. The Morgan fingerprint density at radius 2 is 2.03 bits per heavy atom. The van der Waals surface area contributed by atoms with Crippen LogP contribution >= 0.6 is 11.3 Å². The third kappa shape index (κ3) is 6.19. The molecule has 160 valence electrons. The monoisotopic (exact) mass is 418 g/mol. The molecule has 0 bridgehead atoms. The summed E-state index contributed by atoms with van der Waals surface area (Å²) in [7, 11) is 0. The van der Waals surface area contributed by atoms with Crippen molar-refractivity contribution in [1.82, 2.24) is 20.8 Å². The predicted octanol–water partition coefficient (Wildman–Crippen LogP) is 3.93. The molecule has 2 N–H and O–H groups in total. The number of thiazole rings is 1. The number of aromatic nitrogens is 2. The van der Waals surface area contributed by atoms with Gasteiger partial charge in [0.05, 0.1) is 11.4 Å². The fourth-order valence-electron chi connectivity index (χ4n) is 3.58. The molecule has 1 saturated heterocycles. The molecule has 7 nitrogen and oxygen atoms in total. The van der Waals surface area contributed by atoms with E-state index in [1.54, 1.807) is 11.3 Å². The largest absolute Gasteiger partial charge is 0.359 e. The van der Waals surface area contributed by atoms with Gasteiger partial charge in [-0.2, -0.15) is 0 Å². The van der Waals surface area contributed by atoms with Gasteiger partial charge in [0, 0.05) is 50.0 Å². The number of rotatable bonds is 10. The van der Waals surface area contributed by atoms with Crippen molar-refractivity contribution < 1.29 is 4.52 Å². The SMILES string of the molecule is CCNC(=NCc1cc(C(CC)CC)no1)NCCc1csc(N2CCCC2)n1. The lowest BCUT2D eigenvalue weighted by atomic mass is 9.99. The molecule has 2 aromatic rings. The second-order valence-electron chi connectivity index (χ2n) is 7.42. The zero-order valence-corrected chi connectivity index (χ0v) is 18.7. The van der Waals surface area contributed by atoms with Crippen molar-refractivity contribution in [2.45, 2.75) is 65.3 Å². The lowest BCUT2D eigenvalue weighted by Gasteiger charge is -2.12. The maximum Gasteiger partial charge on any atom is 0.191 e. The van der Waals surface area contributed by atoms with Crippen molar-refractivity contribution in [3.8, 4) is 0 Å². The van der Waals surface area contributed by atoms with Crippen molar-refractivity contribution in [3.63, 3.8) is 0 Å². The van der Waals surface area contributed by atoms with Crippen molar-refractivity contribution in [1.29, 1.82) is 0 Å². The summed E-state index contributed by atoms with van der Waals surface area (Å²) in [6.07, 6.45) is 5.60. The summed E-state index contributed by atoms with van der Waals surface area (Å²) in [5.41, 5.74) is 2.18. The molecule has 2 aromatic heterocycles. The molecule has 3 rings (SSSR count). The van der Waals surface area contributed by atoms with Crippen molar-refractivity contribution in [2.24, 2.45) is 4.99 Å². The Morgan fingerprint density at radius 1 is 1.24 bits per heavy atom. The molecule has 0 radical (unpaired) electrons. The van der Waals surface area contributed by atoms with Crippen LogP contribution in [0.15, 0.2) is 21.0 Å². The summed E-state index contributed by atoms with van der Waals surface area (Å²) in [4.78, 5) is 11.8. The quantitative estimate of drug-likeness (QED) is 0.450.